The highest BCUT2D eigenvalue weighted by Gasteiger charge is 2.25. The zero-order valence-electron chi connectivity index (χ0n) is 20.5. The molecule has 186 valence electrons. The molecule has 0 aliphatic heterocycles. The van der Waals surface area contributed by atoms with Gasteiger partial charge in [0.1, 0.15) is 10.6 Å². The molecule has 0 aliphatic rings. The Labute approximate surface area is 224 Å². The van der Waals surface area contributed by atoms with Crippen molar-refractivity contribution in [1.29, 1.82) is 0 Å². The molecule has 6 nitrogen and oxygen atoms in total. The summed E-state index contributed by atoms with van der Waals surface area (Å²) in [5, 5.41) is 14.3. The van der Waals surface area contributed by atoms with Gasteiger partial charge in [-0.15, -0.1) is 11.3 Å². The molecule has 0 amide bonds. The van der Waals surface area contributed by atoms with Crippen LogP contribution in [0, 0.1) is 6.92 Å². The number of thiocarbonyl (C=S) groups is 1. The van der Waals surface area contributed by atoms with Crippen molar-refractivity contribution in [2.75, 3.05) is 17.2 Å². The minimum absolute atomic E-state index is 0.292. The number of benzene rings is 3. The Kier molecular flexibility index (Phi) is 7.30. The lowest BCUT2D eigenvalue weighted by Crippen LogP contribution is -2.20. The molecule has 0 atom stereocenters. The number of aromatic nitrogens is 2. The van der Waals surface area contributed by atoms with Crippen molar-refractivity contribution in [3.8, 4) is 11.1 Å². The third-order valence-corrected chi connectivity index (χ3v) is 7.18. The molecule has 0 saturated heterocycles. The Morgan fingerprint density at radius 3 is 2.59 bits per heavy atom. The maximum absolute atomic E-state index is 13.0. The number of hydrogen-bond donors (Lipinski definition) is 2. The van der Waals surface area contributed by atoms with Crippen molar-refractivity contribution < 1.29 is 9.53 Å². The van der Waals surface area contributed by atoms with Gasteiger partial charge in [-0.2, -0.15) is 5.10 Å². The number of nitrogens with one attached hydrogen (secondary N) is 2. The summed E-state index contributed by atoms with van der Waals surface area (Å²) in [5.74, 6) is -0.376. The zero-order valence-corrected chi connectivity index (χ0v) is 22.2. The molecular weight excluding hydrogens is 500 g/mol. The first-order chi connectivity index (χ1) is 18.0. The highest BCUT2D eigenvalue weighted by molar-refractivity contribution is 7.80. The number of thiophene rings is 1. The van der Waals surface area contributed by atoms with Gasteiger partial charge in [-0.3, -0.25) is 4.68 Å². The van der Waals surface area contributed by atoms with Crippen LogP contribution in [0.3, 0.4) is 0 Å². The number of fused-ring (bicyclic) bond motifs is 1. The van der Waals surface area contributed by atoms with E-state index in [-0.39, 0.29) is 5.97 Å². The van der Waals surface area contributed by atoms with Crippen molar-refractivity contribution in [2.24, 2.45) is 0 Å². The maximum atomic E-state index is 13.0. The van der Waals surface area contributed by atoms with E-state index in [1.54, 1.807) is 13.1 Å². The molecule has 0 spiro atoms. The van der Waals surface area contributed by atoms with E-state index in [1.165, 1.54) is 27.7 Å². The van der Waals surface area contributed by atoms with Gasteiger partial charge in [0.15, 0.2) is 5.11 Å². The van der Waals surface area contributed by atoms with Crippen LogP contribution in [0.15, 0.2) is 85.2 Å². The molecule has 0 bridgehead atoms. The fourth-order valence-corrected chi connectivity index (χ4v) is 5.72. The number of ether oxygens (including phenoxy) is 1. The fourth-order valence-electron chi connectivity index (χ4n) is 4.37. The van der Waals surface area contributed by atoms with Gasteiger partial charge < -0.3 is 15.4 Å². The predicted octanol–water partition coefficient (Wildman–Crippen LogP) is 7.11. The highest BCUT2D eigenvalue weighted by Crippen LogP contribution is 2.40. The average Bonchev–Trinajstić information content (AvgIpc) is 3.47. The Hall–Kier alpha value is -4.01. The van der Waals surface area contributed by atoms with Gasteiger partial charge in [0.05, 0.1) is 25.0 Å². The van der Waals surface area contributed by atoms with Crippen LogP contribution < -0.4 is 10.6 Å². The first-order valence-electron chi connectivity index (χ1n) is 12.0. The van der Waals surface area contributed by atoms with Crippen LogP contribution in [0.1, 0.15) is 27.7 Å². The summed E-state index contributed by atoms with van der Waals surface area (Å²) in [6.45, 7) is 4.73. The number of aryl methyl sites for hydroxylation is 1. The van der Waals surface area contributed by atoms with E-state index < -0.39 is 0 Å². The second-order valence-electron chi connectivity index (χ2n) is 8.47. The molecule has 2 aromatic heterocycles. The van der Waals surface area contributed by atoms with E-state index in [0.29, 0.717) is 28.8 Å². The Morgan fingerprint density at radius 2 is 1.78 bits per heavy atom. The topological polar surface area (TPSA) is 68.2 Å². The first-order valence-corrected chi connectivity index (χ1v) is 13.2. The van der Waals surface area contributed by atoms with E-state index >= 15 is 0 Å². The van der Waals surface area contributed by atoms with Gasteiger partial charge >= 0.3 is 5.97 Å². The number of carbonyl (C=O) groups is 1. The standard InChI is InChI=1S/C29H26N4O2S2/c1-3-35-28(34)26-25(21-11-5-4-6-12-21)19(2)37-27(26)32-29(36)31-23-16-30-33(18-23)17-22-14-9-13-20-10-7-8-15-24(20)22/h4-16,18H,3,17H2,1-2H3,(H2,31,32,36). The van der Waals surface area contributed by atoms with Crippen LogP contribution in [0.2, 0.25) is 0 Å². The Morgan fingerprint density at radius 1 is 1.03 bits per heavy atom. The molecular formula is C29H26N4O2S2. The Bertz CT molecular complexity index is 1570. The molecule has 0 aliphatic carbocycles. The number of anilines is 2. The van der Waals surface area contributed by atoms with Gasteiger partial charge in [0.25, 0.3) is 0 Å². The van der Waals surface area contributed by atoms with Gasteiger partial charge in [0.2, 0.25) is 0 Å². The smallest absolute Gasteiger partial charge is 0.341 e. The summed E-state index contributed by atoms with van der Waals surface area (Å²) in [6, 6.07) is 24.5. The number of rotatable bonds is 7. The number of nitrogens with zero attached hydrogens (tertiary/aromatic N) is 2. The summed E-state index contributed by atoms with van der Waals surface area (Å²) in [6.07, 6.45) is 3.65. The molecule has 3 aromatic carbocycles. The monoisotopic (exact) mass is 526 g/mol. The minimum Gasteiger partial charge on any atom is -0.462 e. The molecule has 2 N–H and O–H groups in total. The zero-order chi connectivity index (χ0) is 25.8. The molecule has 0 unspecified atom stereocenters. The normalized spacial score (nSPS) is 10.9. The quantitative estimate of drug-likeness (QED) is 0.174. The summed E-state index contributed by atoms with van der Waals surface area (Å²) < 4.78 is 7.26. The Balaban J connectivity index is 1.34. The van der Waals surface area contributed by atoms with Crippen molar-refractivity contribution in [3.63, 3.8) is 0 Å². The third kappa shape index (κ3) is 5.40. The van der Waals surface area contributed by atoms with Crippen molar-refractivity contribution >= 4 is 56.1 Å². The van der Waals surface area contributed by atoms with Gasteiger partial charge in [-0.1, -0.05) is 72.8 Å². The summed E-state index contributed by atoms with van der Waals surface area (Å²) in [4.78, 5) is 14.0. The highest BCUT2D eigenvalue weighted by atomic mass is 32.1. The molecule has 0 saturated carbocycles. The second-order valence-corrected chi connectivity index (χ2v) is 10.1. The van der Waals surface area contributed by atoms with Gasteiger partial charge in [0, 0.05) is 16.6 Å². The van der Waals surface area contributed by atoms with Crippen LogP contribution in [0.4, 0.5) is 10.7 Å². The predicted molar refractivity (Wildman–Crippen MR) is 156 cm³/mol. The van der Waals surface area contributed by atoms with Crippen molar-refractivity contribution in [2.45, 2.75) is 20.4 Å². The molecule has 5 aromatic rings. The summed E-state index contributed by atoms with van der Waals surface area (Å²) in [5.41, 5.74) is 4.26. The molecule has 37 heavy (non-hydrogen) atoms. The SMILES string of the molecule is CCOC(=O)c1c(NC(=S)Nc2cnn(Cc3cccc4ccccc34)c2)sc(C)c1-c1ccccc1. The summed E-state index contributed by atoms with van der Waals surface area (Å²) in [7, 11) is 0. The lowest BCUT2D eigenvalue weighted by Gasteiger charge is -2.11. The van der Waals surface area contributed by atoms with Crippen molar-refractivity contribution in [1.82, 2.24) is 9.78 Å². The first kappa shape index (κ1) is 24.7. The van der Waals surface area contributed by atoms with E-state index in [2.05, 4.69) is 46.1 Å². The van der Waals surface area contributed by atoms with E-state index in [4.69, 9.17) is 17.0 Å². The fraction of sp³-hybridized carbons (Fsp3) is 0.138. The van der Waals surface area contributed by atoms with E-state index in [0.717, 1.165) is 21.7 Å². The summed E-state index contributed by atoms with van der Waals surface area (Å²) >= 11 is 7.07. The molecule has 2 heterocycles. The van der Waals surface area contributed by atoms with Gasteiger partial charge in [-0.25, -0.2) is 4.79 Å². The van der Waals surface area contributed by atoms with Crippen LogP contribution in [0.5, 0.6) is 0 Å². The molecule has 0 fully saturated rings. The third-order valence-electron chi connectivity index (χ3n) is 5.96. The van der Waals surface area contributed by atoms with Crippen LogP contribution in [-0.2, 0) is 11.3 Å². The van der Waals surface area contributed by atoms with E-state index in [1.807, 2.05) is 60.3 Å². The lowest BCUT2D eigenvalue weighted by molar-refractivity contribution is 0.0529. The van der Waals surface area contributed by atoms with Crippen LogP contribution in [0.25, 0.3) is 21.9 Å². The van der Waals surface area contributed by atoms with Crippen LogP contribution >= 0.6 is 23.6 Å². The van der Waals surface area contributed by atoms with E-state index in [9.17, 15) is 4.79 Å². The average molecular weight is 527 g/mol. The minimum atomic E-state index is -0.376. The molecule has 5 rings (SSSR count). The maximum Gasteiger partial charge on any atom is 0.341 e. The number of hydrogen-bond acceptors (Lipinski definition) is 5. The van der Waals surface area contributed by atoms with Crippen LogP contribution in [-0.4, -0.2) is 27.5 Å². The number of esters is 1. The van der Waals surface area contributed by atoms with Gasteiger partial charge in [-0.05, 0) is 48.0 Å². The molecule has 0 radical (unpaired) electrons. The second kappa shape index (κ2) is 10.9. The number of carbonyl (C=O) groups excluding carboxylic acids is 1. The lowest BCUT2D eigenvalue weighted by atomic mass is 10.0. The largest absolute Gasteiger partial charge is 0.462 e. The van der Waals surface area contributed by atoms with Crippen molar-refractivity contribution in [3.05, 3.63) is 101 Å². The molecule has 8 heteroatoms.